The van der Waals surface area contributed by atoms with Crippen LogP contribution in [0.2, 0.25) is 0 Å². The van der Waals surface area contributed by atoms with Gasteiger partial charge in [-0.1, -0.05) is 44.2 Å². The molecule has 4 aromatic rings. The van der Waals surface area contributed by atoms with E-state index < -0.39 is 0 Å². The van der Waals surface area contributed by atoms with Crippen LogP contribution in [0.15, 0.2) is 48.5 Å². The van der Waals surface area contributed by atoms with E-state index in [0.29, 0.717) is 62.7 Å². The molecule has 1 aliphatic carbocycles. The molecular formula is C35H46N6O5. The number of methoxy groups -OCH3 is 1. The zero-order valence-electron chi connectivity index (χ0n) is 27.2. The van der Waals surface area contributed by atoms with E-state index in [-0.39, 0.29) is 24.6 Å². The van der Waals surface area contributed by atoms with E-state index in [0.717, 1.165) is 60.2 Å². The van der Waals surface area contributed by atoms with E-state index in [1.807, 2.05) is 53.4 Å². The fourth-order valence-electron chi connectivity index (χ4n) is 5.78. The second kappa shape index (κ2) is 15.9. The topological polar surface area (TPSA) is 125 Å². The van der Waals surface area contributed by atoms with Gasteiger partial charge in [0.15, 0.2) is 12.4 Å². The molecule has 1 fully saturated rings. The largest absolute Gasteiger partial charge is 0.482 e. The fourth-order valence-corrected chi connectivity index (χ4v) is 5.78. The van der Waals surface area contributed by atoms with Crippen LogP contribution in [0, 0.1) is 0 Å². The number of ether oxygens (including phenoxy) is 3. The number of aromatic nitrogens is 3. The first-order valence-electron chi connectivity index (χ1n) is 16.3. The number of amides is 1. The number of likely N-dealkylation sites (N-methyl/N-ethyl adjacent to an activating group) is 1. The van der Waals surface area contributed by atoms with Gasteiger partial charge < -0.3 is 29.4 Å². The van der Waals surface area contributed by atoms with Crippen molar-refractivity contribution in [1.29, 1.82) is 0 Å². The Morgan fingerprint density at radius 2 is 1.87 bits per heavy atom. The van der Waals surface area contributed by atoms with Crippen molar-refractivity contribution >= 4 is 39.6 Å². The highest BCUT2D eigenvalue weighted by Crippen LogP contribution is 2.29. The van der Waals surface area contributed by atoms with Gasteiger partial charge in [-0.15, -0.1) is 0 Å². The Hall–Kier alpha value is -4.22. The summed E-state index contributed by atoms with van der Waals surface area (Å²) in [6, 6.07) is 15.5. The van der Waals surface area contributed by atoms with Crippen molar-refractivity contribution in [3.8, 4) is 5.75 Å². The van der Waals surface area contributed by atoms with Crippen molar-refractivity contribution < 1.29 is 23.8 Å². The molecule has 2 aromatic heterocycles. The Morgan fingerprint density at radius 3 is 2.61 bits per heavy atom. The number of nitrogens with two attached hydrogens (primary N) is 1. The number of pyridine rings is 1. The molecule has 0 unspecified atom stereocenters. The van der Waals surface area contributed by atoms with E-state index in [1.54, 1.807) is 7.11 Å². The normalized spacial score (nSPS) is 13.3. The Kier molecular flexibility index (Phi) is 11.4. The van der Waals surface area contributed by atoms with E-state index in [4.69, 9.17) is 24.9 Å². The van der Waals surface area contributed by atoms with Crippen LogP contribution in [0.25, 0.3) is 21.9 Å². The van der Waals surface area contributed by atoms with Crippen LogP contribution in [0.5, 0.6) is 5.75 Å². The number of hydrogen-bond donors (Lipinski definition) is 1. The lowest BCUT2D eigenvalue weighted by Crippen LogP contribution is -2.40. The number of benzene rings is 2. The fraction of sp³-hybridized carbons (Fsp3) is 0.486. The smallest absolute Gasteiger partial charge is 0.344 e. The number of hydrogen-bond acceptors (Lipinski definition) is 9. The zero-order chi connectivity index (χ0) is 32.5. The van der Waals surface area contributed by atoms with Crippen molar-refractivity contribution in [2.75, 3.05) is 52.2 Å². The molecule has 1 aliphatic rings. The van der Waals surface area contributed by atoms with Gasteiger partial charge in [0.2, 0.25) is 5.91 Å². The van der Waals surface area contributed by atoms with E-state index in [1.165, 1.54) is 0 Å². The highest BCUT2D eigenvalue weighted by Gasteiger charge is 2.22. The first kappa shape index (κ1) is 33.2. The van der Waals surface area contributed by atoms with Gasteiger partial charge in [-0.2, -0.15) is 0 Å². The van der Waals surface area contributed by atoms with Gasteiger partial charge in [0.05, 0.1) is 24.2 Å². The first-order chi connectivity index (χ1) is 22.4. The third-order valence-electron chi connectivity index (χ3n) is 8.61. The lowest BCUT2D eigenvalue weighted by Gasteiger charge is -2.27. The van der Waals surface area contributed by atoms with E-state index >= 15 is 0 Å². The first-order valence-corrected chi connectivity index (χ1v) is 16.3. The van der Waals surface area contributed by atoms with Crippen LogP contribution in [-0.4, -0.2) is 88.8 Å². The van der Waals surface area contributed by atoms with Crippen molar-refractivity contribution in [2.24, 2.45) is 0 Å². The molecular weight excluding hydrogens is 584 g/mol. The van der Waals surface area contributed by atoms with Crippen LogP contribution >= 0.6 is 0 Å². The van der Waals surface area contributed by atoms with Crippen LogP contribution in [0.3, 0.4) is 0 Å². The molecule has 2 heterocycles. The second-order valence-electron chi connectivity index (χ2n) is 11.7. The van der Waals surface area contributed by atoms with Gasteiger partial charge in [-0.25, -0.2) is 14.8 Å². The number of imidazole rings is 1. The van der Waals surface area contributed by atoms with Gasteiger partial charge >= 0.3 is 5.97 Å². The molecule has 0 saturated heterocycles. The quantitative estimate of drug-likeness (QED) is 0.167. The number of fused-ring (bicyclic) bond motifs is 3. The molecule has 246 valence electrons. The minimum atomic E-state index is -0.353. The van der Waals surface area contributed by atoms with Gasteiger partial charge in [0.25, 0.3) is 0 Å². The lowest BCUT2D eigenvalue weighted by molar-refractivity contribution is -0.155. The van der Waals surface area contributed by atoms with Crippen LogP contribution < -0.4 is 10.5 Å². The Morgan fingerprint density at radius 1 is 1.07 bits per heavy atom. The zero-order valence-corrected chi connectivity index (χ0v) is 27.2. The summed E-state index contributed by atoms with van der Waals surface area (Å²) in [5.41, 5.74) is 9.77. The number of rotatable bonds is 17. The number of carbonyl (C=O) groups is 2. The molecule has 11 heteroatoms. The SMILES string of the molecule is CCN(CC)CC(=O)N(CCCn1c(CCOC)nc2c(N)nc3ccccc3c21)Cc1cccc(OCC(=O)OC2CCC2)c1. The average Bonchev–Trinajstić information content (AvgIpc) is 3.42. The molecule has 0 aliphatic heterocycles. The summed E-state index contributed by atoms with van der Waals surface area (Å²) >= 11 is 0. The second-order valence-corrected chi connectivity index (χ2v) is 11.7. The molecule has 2 aromatic carbocycles. The summed E-state index contributed by atoms with van der Waals surface area (Å²) in [5, 5.41) is 0.991. The lowest BCUT2D eigenvalue weighted by atomic mass is 9.96. The van der Waals surface area contributed by atoms with Crippen LogP contribution in [-0.2, 0) is 38.6 Å². The Labute approximate surface area is 270 Å². The molecule has 0 spiro atoms. The molecule has 2 N–H and O–H groups in total. The Balaban J connectivity index is 1.33. The maximum Gasteiger partial charge on any atom is 0.344 e. The van der Waals surface area contributed by atoms with E-state index in [2.05, 4.69) is 28.3 Å². The summed E-state index contributed by atoms with van der Waals surface area (Å²) in [5.74, 6) is 1.57. The van der Waals surface area contributed by atoms with Crippen LogP contribution in [0.4, 0.5) is 5.82 Å². The number of esters is 1. The van der Waals surface area contributed by atoms with Crippen molar-refractivity contribution in [3.05, 3.63) is 59.9 Å². The highest BCUT2D eigenvalue weighted by atomic mass is 16.6. The summed E-state index contributed by atoms with van der Waals surface area (Å²) < 4.78 is 18.8. The van der Waals surface area contributed by atoms with Gasteiger partial charge in [-0.05, 0) is 62.5 Å². The molecule has 5 rings (SSSR count). The van der Waals surface area contributed by atoms with Crippen LogP contribution in [0.1, 0.15) is 50.9 Å². The summed E-state index contributed by atoms with van der Waals surface area (Å²) in [4.78, 5) is 39.4. The molecule has 11 nitrogen and oxygen atoms in total. The number of para-hydroxylation sites is 1. The molecule has 0 atom stereocenters. The number of aryl methyl sites for hydroxylation is 1. The molecule has 46 heavy (non-hydrogen) atoms. The molecule has 1 saturated carbocycles. The Bertz CT molecular complexity index is 1630. The van der Waals surface area contributed by atoms with Crippen molar-refractivity contribution in [3.63, 3.8) is 0 Å². The minimum absolute atomic E-state index is 0.0249. The standard InChI is InChI=1S/C35H46N6O5/c1-4-39(5-2)23-31(42)40(22-25-11-8-14-27(21-25)45-24-32(43)46-26-12-9-13-26)18-10-19-41-30(17-20-44-3)38-33-34(41)28-15-6-7-16-29(28)37-35(33)36/h6-8,11,14-16,21,26H,4-5,9-10,12-13,17-20,22-24H2,1-3H3,(H2,36,37). The third kappa shape index (κ3) is 8.13. The molecule has 0 radical (unpaired) electrons. The number of nitrogens with zero attached hydrogens (tertiary/aromatic N) is 5. The maximum absolute atomic E-state index is 13.7. The average molecular weight is 631 g/mol. The minimum Gasteiger partial charge on any atom is -0.482 e. The number of carbonyl (C=O) groups excluding carboxylic acids is 2. The van der Waals surface area contributed by atoms with Gasteiger partial charge in [0, 0.05) is 38.6 Å². The van der Waals surface area contributed by atoms with Crippen molar-refractivity contribution in [2.45, 2.75) is 65.1 Å². The molecule has 0 bridgehead atoms. The summed E-state index contributed by atoms with van der Waals surface area (Å²) in [7, 11) is 1.68. The predicted molar refractivity (Wildman–Crippen MR) is 179 cm³/mol. The number of nitrogen functional groups attached to an aromatic ring is 1. The van der Waals surface area contributed by atoms with Gasteiger partial charge in [-0.3, -0.25) is 9.69 Å². The maximum atomic E-state index is 13.7. The van der Waals surface area contributed by atoms with Crippen molar-refractivity contribution in [1.82, 2.24) is 24.3 Å². The summed E-state index contributed by atoms with van der Waals surface area (Å²) in [6.45, 7) is 8.06. The summed E-state index contributed by atoms with van der Waals surface area (Å²) in [6.07, 6.45) is 4.30. The number of anilines is 1. The monoisotopic (exact) mass is 630 g/mol. The third-order valence-corrected chi connectivity index (χ3v) is 8.61. The van der Waals surface area contributed by atoms with Gasteiger partial charge in [0.1, 0.15) is 23.2 Å². The highest BCUT2D eigenvalue weighted by molar-refractivity contribution is 6.06. The molecule has 1 amide bonds. The van der Waals surface area contributed by atoms with E-state index in [9.17, 15) is 9.59 Å². The predicted octanol–water partition coefficient (Wildman–Crippen LogP) is 4.59.